The molecule has 6 nitrogen and oxygen atoms in total. The highest BCUT2D eigenvalue weighted by atomic mass is 16.5. The Morgan fingerprint density at radius 3 is 1.37 bits per heavy atom. The van der Waals surface area contributed by atoms with Crippen LogP contribution in [0.3, 0.4) is 0 Å². The SMILES string of the molecule is CCCCCCC/C=C\CCCCCCCC(=O)OCCCCCCCCCCCC(=O)NC(CO)C(O)/C=C/CCCCCCCCCCCC. The van der Waals surface area contributed by atoms with Crippen molar-refractivity contribution in [3.05, 3.63) is 24.3 Å². The van der Waals surface area contributed by atoms with Gasteiger partial charge in [-0.3, -0.25) is 9.59 Å². The van der Waals surface area contributed by atoms with Crippen molar-refractivity contribution in [2.24, 2.45) is 0 Å². The number of carbonyl (C=O) groups is 2. The van der Waals surface area contributed by atoms with Gasteiger partial charge in [0.25, 0.3) is 0 Å². The van der Waals surface area contributed by atoms with Crippen LogP contribution in [0.25, 0.3) is 0 Å². The largest absolute Gasteiger partial charge is 0.466 e. The Morgan fingerprint density at radius 1 is 0.519 bits per heavy atom. The molecule has 0 aliphatic rings. The molecule has 52 heavy (non-hydrogen) atoms. The highest BCUT2D eigenvalue weighted by molar-refractivity contribution is 5.76. The van der Waals surface area contributed by atoms with Gasteiger partial charge in [-0.05, 0) is 57.8 Å². The highest BCUT2D eigenvalue weighted by Gasteiger charge is 2.18. The van der Waals surface area contributed by atoms with Crippen LogP contribution in [0.4, 0.5) is 0 Å². The summed E-state index contributed by atoms with van der Waals surface area (Å²) in [6.45, 7) is 4.80. The van der Waals surface area contributed by atoms with E-state index in [-0.39, 0.29) is 18.5 Å². The van der Waals surface area contributed by atoms with Gasteiger partial charge < -0.3 is 20.3 Å². The van der Waals surface area contributed by atoms with Crippen LogP contribution in [-0.2, 0) is 14.3 Å². The predicted octanol–water partition coefficient (Wildman–Crippen LogP) is 12.8. The van der Waals surface area contributed by atoms with Gasteiger partial charge in [0.05, 0.1) is 25.4 Å². The van der Waals surface area contributed by atoms with Crippen molar-refractivity contribution in [2.75, 3.05) is 13.2 Å². The molecule has 0 radical (unpaired) electrons. The van der Waals surface area contributed by atoms with Gasteiger partial charge in [0, 0.05) is 12.8 Å². The fraction of sp³-hybridized carbons (Fsp3) is 0.870. The molecule has 0 fully saturated rings. The van der Waals surface area contributed by atoms with Crippen molar-refractivity contribution in [3.63, 3.8) is 0 Å². The van der Waals surface area contributed by atoms with E-state index in [1.165, 1.54) is 148 Å². The zero-order valence-corrected chi connectivity index (χ0v) is 34.5. The molecule has 0 aliphatic heterocycles. The lowest BCUT2D eigenvalue weighted by molar-refractivity contribution is -0.143. The van der Waals surface area contributed by atoms with Crippen molar-refractivity contribution < 1.29 is 24.5 Å². The topological polar surface area (TPSA) is 95.9 Å². The summed E-state index contributed by atoms with van der Waals surface area (Å²) in [5, 5.41) is 22.9. The van der Waals surface area contributed by atoms with E-state index >= 15 is 0 Å². The molecule has 0 saturated carbocycles. The fourth-order valence-electron chi connectivity index (χ4n) is 6.68. The fourth-order valence-corrected chi connectivity index (χ4v) is 6.68. The molecule has 0 heterocycles. The van der Waals surface area contributed by atoms with E-state index in [0.717, 1.165) is 57.8 Å². The second kappa shape index (κ2) is 42.1. The van der Waals surface area contributed by atoms with Crippen molar-refractivity contribution in [3.8, 4) is 0 Å². The number of hydrogen-bond acceptors (Lipinski definition) is 5. The molecule has 0 aromatic rings. The molecule has 2 unspecified atom stereocenters. The highest BCUT2D eigenvalue weighted by Crippen LogP contribution is 2.14. The summed E-state index contributed by atoms with van der Waals surface area (Å²) in [6, 6.07) is -0.646. The van der Waals surface area contributed by atoms with Gasteiger partial charge in [-0.15, -0.1) is 0 Å². The molecule has 2 atom stereocenters. The molecule has 0 aliphatic carbocycles. The summed E-state index contributed by atoms with van der Waals surface area (Å²) in [4.78, 5) is 24.4. The van der Waals surface area contributed by atoms with Crippen LogP contribution in [0.5, 0.6) is 0 Å². The summed E-state index contributed by atoms with van der Waals surface area (Å²) in [7, 11) is 0. The molecule has 0 spiro atoms. The zero-order chi connectivity index (χ0) is 38.0. The van der Waals surface area contributed by atoms with E-state index in [4.69, 9.17) is 4.74 Å². The van der Waals surface area contributed by atoms with E-state index in [1.807, 2.05) is 6.08 Å². The van der Waals surface area contributed by atoms with Gasteiger partial charge in [-0.1, -0.05) is 186 Å². The van der Waals surface area contributed by atoms with Crippen molar-refractivity contribution in [2.45, 2.75) is 244 Å². The smallest absolute Gasteiger partial charge is 0.305 e. The number of rotatable bonds is 41. The molecular weight excluding hydrogens is 647 g/mol. The second-order valence-corrected chi connectivity index (χ2v) is 15.4. The molecule has 1 amide bonds. The van der Waals surface area contributed by atoms with Crippen LogP contribution >= 0.6 is 0 Å². The lowest BCUT2D eigenvalue weighted by atomic mass is 10.0. The molecular formula is C46H87NO5. The first-order valence-electron chi connectivity index (χ1n) is 22.6. The van der Waals surface area contributed by atoms with Crippen molar-refractivity contribution >= 4 is 11.9 Å². The number of esters is 1. The van der Waals surface area contributed by atoms with Crippen LogP contribution in [0.15, 0.2) is 24.3 Å². The summed E-state index contributed by atoms with van der Waals surface area (Å²) < 4.78 is 5.43. The van der Waals surface area contributed by atoms with Gasteiger partial charge >= 0.3 is 5.97 Å². The minimum Gasteiger partial charge on any atom is -0.466 e. The van der Waals surface area contributed by atoms with Crippen LogP contribution in [-0.4, -0.2) is 47.4 Å². The van der Waals surface area contributed by atoms with Gasteiger partial charge in [0.15, 0.2) is 0 Å². The first-order valence-corrected chi connectivity index (χ1v) is 22.6. The number of allylic oxidation sites excluding steroid dienone is 3. The van der Waals surface area contributed by atoms with E-state index < -0.39 is 12.1 Å². The quantitative estimate of drug-likeness (QED) is 0.0330. The number of aliphatic hydroxyl groups is 2. The van der Waals surface area contributed by atoms with E-state index in [0.29, 0.717) is 19.4 Å². The maximum atomic E-state index is 12.4. The van der Waals surface area contributed by atoms with E-state index in [1.54, 1.807) is 6.08 Å². The Morgan fingerprint density at radius 2 is 0.904 bits per heavy atom. The van der Waals surface area contributed by atoms with Crippen LogP contribution in [0.2, 0.25) is 0 Å². The molecule has 6 heteroatoms. The maximum Gasteiger partial charge on any atom is 0.305 e. The Balaban J connectivity index is 3.54. The van der Waals surface area contributed by atoms with Gasteiger partial charge in [-0.25, -0.2) is 0 Å². The molecule has 306 valence electrons. The number of hydrogen-bond donors (Lipinski definition) is 3. The molecule has 0 saturated heterocycles. The summed E-state index contributed by atoms with van der Waals surface area (Å²) >= 11 is 0. The van der Waals surface area contributed by atoms with Crippen molar-refractivity contribution in [1.29, 1.82) is 0 Å². The minimum atomic E-state index is -0.860. The standard InChI is InChI=1S/C46H87NO5/c1-3-5-7-9-11-13-15-17-18-20-24-28-32-36-40-46(51)52-41-37-33-29-25-21-23-27-31-35-39-45(50)47-43(42-48)44(49)38-34-30-26-22-19-16-14-12-10-8-6-4-2/h15,17,34,38,43-44,48-49H,3-14,16,18-33,35-37,39-42H2,1-2H3,(H,47,50)/b17-15-,38-34+. The van der Waals surface area contributed by atoms with Gasteiger partial charge in [-0.2, -0.15) is 0 Å². The minimum absolute atomic E-state index is 0.0368. The number of ether oxygens (including phenoxy) is 1. The van der Waals surface area contributed by atoms with Gasteiger partial charge in [0.1, 0.15) is 0 Å². The average molecular weight is 734 g/mol. The second-order valence-electron chi connectivity index (χ2n) is 15.4. The number of aliphatic hydroxyl groups excluding tert-OH is 2. The van der Waals surface area contributed by atoms with Gasteiger partial charge in [0.2, 0.25) is 5.91 Å². The van der Waals surface area contributed by atoms with E-state index in [9.17, 15) is 19.8 Å². The van der Waals surface area contributed by atoms with Crippen LogP contribution < -0.4 is 5.32 Å². The Bertz CT molecular complexity index is 813. The summed E-state index contributed by atoms with van der Waals surface area (Å²) in [5.41, 5.74) is 0. The van der Waals surface area contributed by atoms with Crippen LogP contribution in [0, 0.1) is 0 Å². The maximum absolute atomic E-state index is 12.4. The normalized spacial score (nSPS) is 12.9. The zero-order valence-electron chi connectivity index (χ0n) is 34.5. The monoisotopic (exact) mass is 734 g/mol. The summed E-state index contributed by atoms with van der Waals surface area (Å²) in [6.07, 6.45) is 47.3. The lowest BCUT2D eigenvalue weighted by Gasteiger charge is -2.20. The number of unbranched alkanes of at least 4 members (excludes halogenated alkanes) is 28. The van der Waals surface area contributed by atoms with E-state index in [2.05, 4.69) is 31.3 Å². The van der Waals surface area contributed by atoms with Crippen molar-refractivity contribution in [1.82, 2.24) is 5.32 Å². The first-order chi connectivity index (χ1) is 25.5. The Hall–Kier alpha value is -1.66. The number of amides is 1. The summed E-state index contributed by atoms with van der Waals surface area (Å²) in [5.74, 6) is -0.135. The molecule has 0 rings (SSSR count). The molecule has 3 N–H and O–H groups in total. The molecule has 0 aromatic carbocycles. The average Bonchev–Trinajstić information content (AvgIpc) is 3.14. The Kier molecular flexibility index (Phi) is 40.7. The molecule has 0 bridgehead atoms. The number of nitrogens with one attached hydrogen (secondary N) is 1. The van der Waals surface area contributed by atoms with Crippen LogP contribution in [0.1, 0.15) is 232 Å². The number of carbonyl (C=O) groups excluding carboxylic acids is 2. The third kappa shape index (κ3) is 38.1. The Labute approximate surface area is 322 Å². The molecule has 0 aromatic heterocycles. The first kappa shape index (κ1) is 50.3. The third-order valence-corrected chi connectivity index (χ3v) is 10.2. The third-order valence-electron chi connectivity index (χ3n) is 10.2. The lowest BCUT2D eigenvalue weighted by Crippen LogP contribution is -2.45. The predicted molar refractivity (Wildman–Crippen MR) is 223 cm³/mol.